The molecule has 0 aliphatic heterocycles. The molecule has 0 atom stereocenters. The van der Waals surface area contributed by atoms with Gasteiger partial charge in [-0.05, 0) is 61.1 Å². The molecule has 1 saturated carbocycles. The molecule has 146 valence electrons. The lowest BCUT2D eigenvalue weighted by molar-refractivity contribution is 0.138. The fraction of sp³-hybridized carbons (Fsp3) is 0.318. The van der Waals surface area contributed by atoms with E-state index in [2.05, 4.69) is 9.71 Å². The molecule has 1 aliphatic carbocycles. The fourth-order valence-corrected chi connectivity index (χ4v) is 4.96. The number of ether oxygens (including phenoxy) is 1. The molecule has 6 heteroatoms. The van der Waals surface area contributed by atoms with E-state index < -0.39 is 10.0 Å². The third kappa shape index (κ3) is 4.34. The molecule has 1 fully saturated rings. The zero-order valence-corrected chi connectivity index (χ0v) is 16.7. The first-order valence-electron chi connectivity index (χ1n) is 9.60. The Morgan fingerprint density at radius 2 is 1.71 bits per heavy atom. The van der Waals surface area contributed by atoms with Gasteiger partial charge in [0.2, 0.25) is 15.9 Å². The minimum Gasteiger partial charge on any atom is -0.474 e. The topological polar surface area (TPSA) is 68.3 Å². The van der Waals surface area contributed by atoms with Gasteiger partial charge >= 0.3 is 0 Å². The number of benzene rings is 2. The second kappa shape index (κ2) is 7.89. The third-order valence-electron chi connectivity index (χ3n) is 5.20. The van der Waals surface area contributed by atoms with Crippen LogP contribution >= 0.6 is 0 Å². The zero-order chi connectivity index (χ0) is 19.6. The van der Waals surface area contributed by atoms with Crippen LogP contribution in [0.5, 0.6) is 5.88 Å². The molecule has 1 aliphatic rings. The van der Waals surface area contributed by atoms with Gasteiger partial charge in [-0.1, -0.05) is 36.4 Å². The minimum absolute atomic E-state index is 0.0673. The van der Waals surface area contributed by atoms with Crippen LogP contribution < -0.4 is 9.46 Å². The molecule has 0 bridgehead atoms. The number of nitrogens with zero attached hydrogens (tertiary/aromatic N) is 1. The summed E-state index contributed by atoms with van der Waals surface area (Å²) in [5.41, 5.74) is 1.10. The third-order valence-corrected chi connectivity index (χ3v) is 6.72. The van der Waals surface area contributed by atoms with E-state index in [1.807, 2.05) is 49.4 Å². The second-order valence-corrected chi connectivity index (χ2v) is 9.11. The number of nitrogens with one attached hydrogen (secondary N) is 1. The minimum atomic E-state index is -3.54. The summed E-state index contributed by atoms with van der Waals surface area (Å²) < 4.78 is 34.4. The molecule has 5 nitrogen and oxygen atoms in total. The SMILES string of the molecule is Cc1ccc(OC2CCC(NS(=O)(=O)c3ccc4ccccc4c3)CC2)nc1. The predicted octanol–water partition coefficient (Wildman–Crippen LogP) is 4.21. The van der Waals surface area contributed by atoms with Gasteiger partial charge in [0.15, 0.2) is 0 Å². The van der Waals surface area contributed by atoms with Crippen LogP contribution in [-0.2, 0) is 10.0 Å². The molecule has 28 heavy (non-hydrogen) atoms. The Morgan fingerprint density at radius 1 is 0.964 bits per heavy atom. The van der Waals surface area contributed by atoms with E-state index in [0.717, 1.165) is 42.0 Å². The zero-order valence-electron chi connectivity index (χ0n) is 15.8. The van der Waals surface area contributed by atoms with Crippen molar-refractivity contribution >= 4 is 20.8 Å². The van der Waals surface area contributed by atoms with Crippen LogP contribution in [0, 0.1) is 6.92 Å². The summed E-state index contributed by atoms with van der Waals surface area (Å²) in [6.07, 6.45) is 4.99. The molecular formula is C22H24N2O3S. The van der Waals surface area contributed by atoms with E-state index in [0.29, 0.717) is 10.8 Å². The first-order valence-corrected chi connectivity index (χ1v) is 11.1. The summed E-state index contributed by atoms with van der Waals surface area (Å²) in [5.74, 6) is 0.630. The highest BCUT2D eigenvalue weighted by atomic mass is 32.2. The fourth-order valence-electron chi connectivity index (χ4n) is 3.62. The van der Waals surface area contributed by atoms with Crippen molar-refractivity contribution in [3.05, 3.63) is 66.4 Å². The Kier molecular flexibility index (Phi) is 5.33. The number of aromatic nitrogens is 1. The van der Waals surface area contributed by atoms with Gasteiger partial charge in [0.1, 0.15) is 6.10 Å². The van der Waals surface area contributed by atoms with Crippen LogP contribution in [0.1, 0.15) is 31.2 Å². The Hall–Kier alpha value is -2.44. The Balaban J connectivity index is 1.37. The van der Waals surface area contributed by atoms with Crippen molar-refractivity contribution in [1.82, 2.24) is 9.71 Å². The van der Waals surface area contributed by atoms with Crippen molar-refractivity contribution in [2.75, 3.05) is 0 Å². The van der Waals surface area contributed by atoms with Gasteiger partial charge in [-0.25, -0.2) is 18.1 Å². The lowest BCUT2D eigenvalue weighted by Crippen LogP contribution is -2.39. The van der Waals surface area contributed by atoms with Gasteiger partial charge in [-0.15, -0.1) is 0 Å². The first kappa shape index (κ1) is 18.9. The average Bonchev–Trinajstić information content (AvgIpc) is 2.70. The summed E-state index contributed by atoms with van der Waals surface area (Å²) in [4.78, 5) is 4.59. The predicted molar refractivity (Wildman–Crippen MR) is 110 cm³/mol. The van der Waals surface area contributed by atoms with E-state index in [1.54, 1.807) is 18.3 Å². The van der Waals surface area contributed by atoms with Crippen LogP contribution in [0.2, 0.25) is 0 Å². The highest BCUT2D eigenvalue weighted by molar-refractivity contribution is 7.89. The molecule has 0 spiro atoms. The molecule has 0 amide bonds. The van der Waals surface area contributed by atoms with Crippen LogP contribution in [0.25, 0.3) is 10.8 Å². The van der Waals surface area contributed by atoms with Crippen LogP contribution in [0.3, 0.4) is 0 Å². The molecule has 0 unspecified atom stereocenters. The molecule has 1 aromatic heterocycles. The van der Waals surface area contributed by atoms with Crippen LogP contribution in [0.4, 0.5) is 0 Å². The van der Waals surface area contributed by atoms with E-state index in [4.69, 9.17) is 4.74 Å². The summed E-state index contributed by atoms with van der Waals surface area (Å²) in [6.45, 7) is 1.99. The number of pyridine rings is 1. The van der Waals surface area contributed by atoms with Crippen molar-refractivity contribution < 1.29 is 13.2 Å². The summed E-state index contributed by atoms with van der Waals surface area (Å²) in [7, 11) is -3.54. The van der Waals surface area contributed by atoms with Crippen molar-refractivity contribution in [3.8, 4) is 5.88 Å². The maximum atomic E-state index is 12.8. The second-order valence-electron chi connectivity index (χ2n) is 7.40. The van der Waals surface area contributed by atoms with E-state index in [9.17, 15) is 8.42 Å². The van der Waals surface area contributed by atoms with E-state index >= 15 is 0 Å². The molecular weight excluding hydrogens is 372 g/mol. The Morgan fingerprint density at radius 3 is 2.43 bits per heavy atom. The Labute approximate surface area is 165 Å². The molecule has 1 N–H and O–H groups in total. The van der Waals surface area contributed by atoms with Gasteiger partial charge in [-0.3, -0.25) is 0 Å². The lowest BCUT2D eigenvalue weighted by atomic mass is 9.94. The van der Waals surface area contributed by atoms with Gasteiger partial charge < -0.3 is 4.74 Å². The molecule has 2 aromatic carbocycles. The van der Waals surface area contributed by atoms with Crippen molar-refractivity contribution in [2.45, 2.75) is 49.6 Å². The quantitative estimate of drug-likeness (QED) is 0.701. The highest BCUT2D eigenvalue weighted by Crippen LogP contribution is 2.25. The monoisotopic (exact) mass is 396 g/mol. The maximum Gasteiger partial charge on any atom is 0.240 e. The van der Waals surface area contributed by atoms with Crippen molar-refractivity contribution in [2.24, 2.45) is 0 Å². The number of aryl methyl sites for hydroxylation is 1. The maximum absolute atomic E-state index is 12.8. The summed E-state index contributed by atoms with van der Waals surface area (Å²) >= 11 is 0. The standard InChI is InChI=1S/C22H24N2O3S/c1-16-6-13-22(23-15-16)27-20-10-8-19(9-11-20)24-28(25,26)21-12-7-17-4-2-3-5-18(17)14-21/h2-7,12-15,19-20,24H,8-11H2,1H3. The van der Waals surface area contributed by atoms with Gasteiger partial charge in [0.25, 0.3) is 0 Å². The molecule has 1 heterocycles. The molecule has 0 radical (unpaired) electrons. The first-order chi connectivity index (χ1) is 13.5. The number of hydrogen-bond acceptors (Lipinski definition) is 4. The summed E-state index contributed by atoms with van der Waals surface area (Å²) in [6, 6.07) is 16.8. The van der Waals surface area contributed by atoms with Crippen molar-refractivity contribution in [1.29, 1.82) is 0 Å². The Bertz CT molecular complexity index is 1060. The largest absolute Gasteiger partial charge is 0.474 e. The molecule has 3 aromatic rings. The van der Waals surface area contributed by atoms with Crippen LogP contribution in [0.15, 0.2) is 65.7 Å². The lowest BCUT2D eigenvalue weighted by Gasteiger charge is -2.29. The number of hydrogen-bond donors (Lipinski definition) is 1. The van der Waals surface area contributed by atoms with Crippen molar-refractivity contribution in [3.63, 3.8) is 0 Å². The van der Waals surface area contributed by atoms with Gasteiger partial charge in [0.05, 0.1) is 4.90 Å². The normalized spacial score (nSPS) is 20.2. The molecule has 0 saturated heterocycles. The van der Waals surface area contributed by atoms with Gasteiger partial charge in [-0.2, -0.15) is 0 Å². The van der Waals surface area contributed by atoms with Gasteiger partial charge in [0, 0.05) is 18.3 Å². The number of rotatable bonds is 5. The highest BCUT2D eigenvalue weighted by Gasteiger charge is 2.27. The summed E-state index contributed by atoms with van der Waals surface area (Å²) in [5, 5.41) is 1.96. The van der Waals surface area contributed by atoms with Crippen LogP contribution in [-0.4, -0.2) is 25.5 Å². The average molecular weight is 397 g/mol. The number of sulfonamides is 1. The smallest absolute Gasteiger partial charge is 0.240 e. The van der Waals surface area contributed by atoms with E-state index in [1.165, 1.54) is 0 Å². The van der Waals surface area contributed by atoms with E-state index in [-0.39, 0.29) is 12.1 Å². The number of fused-ring (bicyclic) bond motifs is 1. The molecule has 4 rings (SSSR count).